The molecule has 0 bridgehead atoms. The smallest absolute Gasteiger partial charge is 0.322 e. The Labute approximate surface area is 132 Å². The Bertz CT molecular complexity index is 787. The molecule has 1 aromatic heterocycles. The van der Waals surface area contributed by atoms with E-state index >= 15 is 0 Å². The Morgan fingerprint density at radius 3 is 2.83 bits per heavy atom. The molecule has 1 atom stereocenters. The maximum absolute atomic E-state index is 11.9. The predicted octanol–water partition coefficient (Wildman–Crippen LogP) is 2.48. The number of ether oxygens (including phenoxy) is 1. The van der Waals surface area contributed by atoms with Crippen LogP contribution in [-0.4, -0.2) is 23.2 Å². The number of allylic oxidation sites excluding steroid dienone is 1. The van der Waals surface area contributed by atoms with Gasteiger partial charge < -0.3 is 9.26 Å². The van der Waals surface area contributed by atoms with Crippen LogP contribution in [0.2, 0.25) is 0 Å². The molecule has 6 heteroatoms. The van der Waals surface area contributed by atoms with Crippen molar-refractivity contribution in [3.05, 3.63) is 53.7 Å². The first-order valence-electron chi connectivity index (χ1n) is 7.07. The molecule has 0 N–H and O–H groups in total. The average Bonchev–Trinajstić information content (AvgIpc) is 3.03. The van der Waals surface area contributed by atoms with E-state index in [1.165, 1.54) is 12.3 Å². The third-order valence-corrected chi connectivity index (χ3v) is 3.37. The van der Waals surface area contributed by atoms with Crippen LogP contribution in [0.1, 0.15) is 11.3 Å². The van der Waals surface area contributed by atoms with Crippen LogP contribution in [0, 0.1) is 12.8 Å². The number of aliphatic imine (C=N–C) groups is 1. The number of hydrogen-bond donors (Lipinski definition) is 0. The molecule has 1 amide bonds. The molecule has 23 heavy (non-hydrogen) atoms. The highest BCUT2D eigenvalue weighted by atomic mass is 16.5. The fourth-order valence-corrected chi connectivity index (χ4v) is 2.09. The van der Waals surface area contributed by atoms with Gasteiger partial charge in [0.05, 0.1) is 0 Å². The molecule has 3 rings (SSSR count). The molecule has 0 saturated heterocycles. The van der Waals surface area contributed by atoms with Gasteiger partial charge in [0.15, 0.2) is 11.7 Å². The van der Waals surface area contributed by atoms with Gasteiger partial charge in [0.2, 0.25) is 0 Å². The zero-order valence-electron chi connectivity index (χ0n) is 12.4. The molecule has 1 aromatic carbocycles. The van der Waals surface area contributed by atoms with E-state index in [0.717, 1.165) is 11.1 Å². The summed E-state index contributed by atoms with van der Waals surface area (Å²) in [5.41, 5.74) is 2.51. The van der Waals surface area contributed by atoms with Gasteiger partial charge in [-0.2, -0.15) is 0 Å². The third kappa shape index (κ3) is 3.42. The highest BCUT2D eigenvalue weighted by Gasteiger charge is 2.26. The summed E-state index contributed by atoms with van der Waals surface area (Å²) in [6.45, 7) is 1.94. The van der Waals surface area contributed by atoms with E-state index < -0.39 is 17.8 Å². The monoisotopic (exact) mass is 310 g/mol. The van der Waals surface area contributed by atoms with Crippen molar-refractivity contribution >= 4 is 18.1 Å². The summed E-state index contributed by atoms with van der Waals surface area (Å²) in [5, 5.41) is 3.87. The fourth-order valence-electron chi connectivity index (χ4n) is 2.09. The van der Waals surface area contributed by atoms with Gasteiger partial charge in [0, 0.05) is 17.8 Å². The van der Waals surface area contributed by atoms with Crippen LogP contribution in [0.15, 0.2) is 52.0 Å². The summed E-state index contributed by atoms with van der Waals surface area (Å²) < 4.78 is 10.3. The van der Waals surface area contributed by atoms with E-state index in [1.807, 2.05) is 31.2 Å². The van der Waals surface area contributed by atoms with Crippen molar-refractivity contribution < 1.29 is 18.8 Å². The lowest BCUT2D eigenvalue weighted by Gasteiger charge is -2.09. The molecule has 1 aliphatic rings. The zero-order chi connectivity index (χ0) is 16.2. The number of carbonyl (C=O) groups excluding carboxylic acids is 2. The Morgan fingerprint density at radius 1 is 1.30 bits per heavy atom. The second-order valence-corrected chi connectivity index (χ2v) is 5.14. The van der Waals surface area contributed by atoms with Gasteiger partial charge in [-0.15, -0.1) is 0 Å². The molecule has 1 unspecified atom stereocenters. The van der Waals surface area contributed by atoms with Crippen molar-refractivity contribution in [3.8, 4) is 11.3 Å². The summed E-state index contributed by atoms with van der Waals surface area (Å²) in [6, 6.07) is 9.50. The highest BCUT2D eigenvalue weighted by molar-refractivity contribution is 6.05. The van der Waals surface area contributed by atoms with Crippen LogP contribution in [0.25, 0.3) is 11.3 Å². The largest absolute Gasteiger partial charge is 0.458 e. The standard InChI is InChI=1S/C17H14N2O4/c1-11-4-6-12(7-5-11)15-9-13(19-23-15)10-22-17(21)14-3-2-8-18-16(14)20/h2-9,14H,10H2,1H3. The van der Waals surface area contributed by atoms with Gasteiger partial charge >= 0.3 is 5.97 Å². The van der Waals surface area contributed by atoms with Gasteiger partial charge in [-0.1, -0.05) is 41.1 Å². The van der Waals surface area contributed by atoms with Gasteiger partial charge in [0.1, 0.15) is 12.3 Å². The number of aromatic nitrogens is 1. The van der Waals surface area contributed by atoms with Crippen molar-refractivity contribution in [2.24, 2.45) is 10.9 Å². The molecule has 0 radical (unpaired) electrons. The maximum atomic E-state index is 11.9. The van der Waals surface area contributed by atoms with Gasteiger partial charge in [-0.25, -0.2) is 4.99 Å². The SMILES string of the molecule is Cc1ccc(-c2cc(COC(=O)C3C=CC=NC3=O)no2)cc1. The minimum Gasteiger partial charge on any atom is -0.458 e. The lowest BCUT2D eigenvalue weighted by molar-refractivity contribution is -0.151. The molecular formula is C17H14N2O4. The third-order valence-electron chi connectivity index (χ3n) is 3.37. The Balaban J connectivity index is 1.62. The number of nitrogens with zero attached hydrogens (tertiary/aromatic N) is 2. The zero-order valence-corrected chi connectivity index (χ0v) is 12.4. The summed E-state index contributed by atoms with van der Waals surface area (Å²) >= 11 is 0. The lowest BCUT2D eigenvalue weighted by atomic mass is 10.1. The lowest BCUT2D eigenvalue weighted by Crippen LogP contribution is -2.24. The molecule has 0 fully saturated rings. The number of rotatable bonds is 4. The van der Waals surface area contributed by atoms with Crippen molar-refractivity contribution in [1.29, 1.82) is 0 Å². The molecule has 0 saturated carbocycles. The molecule has 6 nitrogen and oxygen atoms in total. The second kappa shape index (κ2) is 6.39. The van der Waals surface area contributed by atoms with E-state index in [1.54, 1.807) is 12.1 Å². The summed E-state index contributed by atoms with van der Waals surface area (Å²) in [5.74, 6) is -1.57. The Hall–Kier alpha value is -3.02. The van der Waals surface area contributed by atoms with Gasteiger partial charge in [0.25, 0.3) is 5.91 Å². The number of hydrogen-bond acceptors (Lipinski definition) is 5. The summed E-state index contributed by atoms with van der Waals surface area (Å²) in [6.07, 6.45) is 4.34. The van der Waals surface area contributed by atoms with Gasteiger partial charge in [-0.05, 0) is 13.0 Å². The predicted molar refractivity (Wildman–Crippen MR) is 82.6 cm³/mol. The Kier molecular flexibility index (Phi) is 4.14. The topological polar surface area (TPSA) is 81.8 Å². The van der Waals surface area contributed by atoms with E-state index in [9.17, 15) is 9.59 Å². The van der Waals surface area contributed by atoms with Crippen molar-refractivity contribution in [2.45, 2.75) is 13.5 Å². The van der Waals surface area contributed by atoms with Crippen LogP contribution < -0.4 is 0 Å². The molecule has 2 heterocycles. The first kappa shape index (κ1) is 14.9. The summed E-state index contributed by atoms with van der Waals surface area (Å²) in [4.78, 5) is 26.9. The average molecular weight is 310 g/mol. The van der Waals surface area contributed by atoms with Gasteiger partial charge in [-0.3, -0.25) is 9.59 Å². The Morgan fingerprint density at radius 2 is 2.09 bits per heavy atom. The molecule has 1 aliphatic heterocycles. The fraction of sp³-hybridized carbons (Fsp3) is 0.176. The molecule has 116 valence electrons. The van der Waals surface area contributed by atoms with Crippen molar-refractivity contribution in [2.75, 3.05) is 0 Å². The number of amides is 1. The second-order valence-electron chi connectivity index (χ2n) is 5.14. The minimum absolute atomic E-state index is 0.0600. The number of dihydropyridines is 1. The van der Waals surface area contributed by atoms with Crippen LogP contribution >= 0.6 is 0 Å². The van der Waals surface area contributed by atoms with E-state index in [4.69, 9.17) is 9.26 Å². The van der Waals surface area contributed by atoms with Crippen molar-refractivity contribution in [1.82, 2.24) is 5.16 Å². The number of carbonyl (C=O) groups is 2. The van der Waals surface area contributed by atoms with E-state index in [0.29, 0.717) is 11.5 Å². The van der Waals surface area contributed by atoms with E-state index in [2.05, 4.69) is 10.1 Å². The minimum atomic E-state index is -0.983. The normalized spacial score (nSPS) is 16.6. The number of aryl methyl sites for hydroxylation is 1. The quantitative estimate of drug-likeness (QED) is 0.640. The van der Waals surface area contributed by atoms with Crippen LogP contribution in [0.3, 0.4) is 0 Å². The summed E-state index contributed by atoms with van der Waals surface area (Å²) in [7, 11) is 0. The molecular weight excluding hydrogens is 296 g/mol. The number of benzene rings is 1. The van der Waals surface area contributed by atoms with Crippen molar-refractivity contribution in [3.63, 3.8) is 0 Å². The molecule has 0 aliphatic carbocycles. The van der Waals surface area contributed by atoms with Crippen LogP contribution in [0.4, 0.5) is 0 Å². The first-order valence-corrected chi connectivity index (χ1v) is 7.07. The van der Waals surface area contributed by atoms with Crippen LogP contribution in [-0.2, 0) is 20.9 Å². The highest BCUT2D eigenvalue weighted by Crippen LogP contribution is 2.21. The van der Waals surface area contributed by atoms with Crippen LogP contribution in [0.5, 0.6) is 0 Å². The first-order chi connectivity index (χ1) is 11.1. The molecule has 2 aromatic rings. The maximum Gasteiger partial charge on any atom is 0.322 e. The number of esters is 1. The van der Waals surface area contributed by atoms with E-state index in [-0.39, 0.29) is 6.61 Å². The molecule has 0 spiro atoms.